The molecule has 0 bridgehead atoms. The highest BCUT2D eigenvalue weighted by molar-refractivity contribution is 5.93. The maximum atomic E-state index is 12.8. The zero-order valence-electron chi connectivity index (χ0n) is 17.5. The van der Waals surface area contributed by atoms with Gasteiger partial charge in [-0.2, -0.15) is 0 Å². The Morgan fingerprint density at radius 2 is 1.80 bits per heavy atom. The van der Waals surface area contributed by atoms with Crippen molar-refractivity contribution in [2.45, 2.75) is 13.3 Å². The molecule has 2 heterocycles. The first-order chi connectivity index (χ1) is 14.7. The summed E-state index contributed by atoms with van der Waals surface area (Å²) in [6.07, 6.45) is 0.466. The number of anilines is 2. The van der Waals surface area contributed by atoms with Gasteiger partial charge in [0, 0.05) is 56.4 Å². The highest BCUT2D eigenvalue weighted by Gasteiger charge is 2.23. The summed E-state index contributed by atoms with van der Waals surface area (Å²) < 4.78 is 0. The predicted octanol–water partition coefficient (Wildman–Crippen LogP) is 2.81. The third-order valence-corrected chi connectivity index (χ3v) is 5.72. The molecule has 1 aromatic heterocycles. The molecule has 30 heavy (non-hydrogen) atoms. The molecule has 6 nitrogen and oxygen atoms in total. The summed E-state index contributed by atoms with van der Waals surface area (Å²) >= 11 is 0. The fourth-order valence-electron chi connectivity index (χ4n) is 3.94. The Morgan fingerprint density at radius 3 is 2.57 bits per heavy atom. The quantitative estimate of drug-likeness (QED) is 0.662. The zero-order chi connectivity index (χ0) is 20.9. The van der Waals surface area contributed by atoms with Crippen LogP contribution in [0.4, 0.5) is 11.5 Å². The molecular formula is C24H29N5O. The molecule has 0 spiro atoms. The number of nitrogens with two attached hydrogens (primary N) is 1. The van der Waals surface area contributed by atoms with Gasteiger partial charge in [0.05, 0.1) is 11.9 Å². The molecule has 0 radical (unpaired) electrons. The molecule has 0 aliphatic carbocycles. The van der Waals surface area contributed by atoms with E-state index in [1.807, 2.05) is 41.3 Å². The molecule has 3 aromatic rings. The van der Waals surface area contributed by atoms with Gasteiger partial charge in [0.2, 0.25) is 5.91 Å². The van der Waals surface area contributed by atoms with Gasteiger partial charge >= 0.3 is 0 Å². The van der Waals surface area contributed by atoms with Gasteiger partial charge in [0.15, 0.2) is 0 Å². The third kappa shape index (κ3) is 4.39. The van der Waals surface area contributed by atoms with Crippen molar-refractivity contribution in [1.82, 2.24) is 9.88 Å². The number of nitrogens with zero attached hydrogens (tertiary/aromatic N) is 3. The average molecular weight is 404 g/mol. The lowest BCUT2D eigenvalue weighted by molar-refractivity contribution is -0.130. The Hall–Kier alpha value is -3.12. The lowest BCUT2D eigenvalue weighted by Crippen LogP contribution is -2.49. The van der Waals surface area contributed by atoms with Gasteiger partial charge in [-0.15, -0.1) is 0 Å². The largest absolute Gasteiger partial charge is 0.383 e. The van der Waals surface area contributed by atoms with E-state index in [9.17, 15) is 4.79 Å². The monoisotopic (exact) mass is 403 g/mol. The van der Waals surface area contributed by atoms with Crippen LogP contribution in [-0.4, -0.2) is 55.1 Å². The summed E-state index contributed by atoms with van der Waals surface area (Å²) in [5.41, 5.74) is 9.98. The molecule has 1 amide bonds. The number of hydrogen-bond donors (Lipinski definition) is 2. The van der Waals surface area contributed by atoms with Gasteiger partial charge in [0.25, 0.3) is 0 Å². The molecule has 0 unspecified atom stereocenters. The normalized spacial score (nSPS) is 14.2. The first-order valence-corrected chi connectivity index (χ1v) is 10.6. The SMILES string of the molecule is Cc1ccccc1CC(=O)N1CCN(c2cc(NCCN)c3ccccc3n2)CC1. The van der Waals surface area contributed by atoms with E-state index in [4.69, 9.17) is 10.7 Å². The fraction of sp³-hybridized carbons (Fsp3) is 0.333. The molecule has 0 saturated carbocycles. The second kappa shape index (κ2) is 9.13. The van der Waals surface area contributed by atoms with E-state index < -0.39 is 0 Å². The Bertz CT molecular complexity index is 1030. The first-order valence-electron chi connectivity index (χ1n) is 10.6. The number of para-hydroxylation sites is 1. The van der Waals surface area contributed by atoms with Crippen LogP contribution in [0.25, 0.3) is 10.9 Å². The zero-order valence-corrected chi connectivity index (χ0v) is 17.5. The van der Waals surface area contributed by atoms with Crippen molar-refractivity contribution < 1.29 is 4.79 Å². The van der Waals surface area contributed by atoms with Crippen molar-refractivity contribution in [1.29, 1.82) is 0 Å². The molecule has 6 heteroatoms. The maximum absolute atomic E-state index is 12.8. The summed E-state index contributed by atoms with van der Waals surface area (Å²) in [5.74, 6) is 1.14. The van der Waals surface area contributed by atoms with Gasteiger partial charge in [-0.1, -0.05) is 42.5 Å². The first kappa shape index (κ1) is 20.2. The van der Waals surface area contributed by atoms with Crippen LogP contribution in [0.2, 0.25) is 0 Å². The number of nitrogens with one attached hydrogen (secondary N) is 1. The van der Waals surface area contributed by atoms with Crippen LogP contribution in [0.3, 0.4) is 0 Å². The number of fused-ring (bicyclic) bond motifs is 1. The summed E-state index contributed by atoms with van der Waals surface area (Å²) in [6, 6.07) is 18.3. The topological polar surface area (TPSA) is 74.5 Å². The van der Waals surface area contributed by atoms with Crippen molar-refractivity contribution in [3.8, 4) is 0 Å². The van der Waals surface area contributed by atoms with Crippen LogP contribution in [0.15, 0.2) is 54.6 Å². The molecular weight excluding hydrogens is 374 g/mol. The number of benzene rings is 2. The number of carbonyl (C=O) groups is 1. The minimum absolute atomic E-state index is 0.195. The average Bonchev–Trinajstić information content (AvgIpc) is 2.79. The molecule has 4 rings (SSSR count). The number of pyridine rings is 1. The molecule has 0 atom stereocenters. The van der Waals surface area contributed by atoms with E-state index >= 15 is 0 Å². The van der Waals surface area contributed by atoms with Crippen LogP contribution < -0.4 is 16.0 Å². The van der Waals surface area contributed by atoms with E-state index in [1.165, 1.54) is 5.56 Å². The van der Waals surface area contributed by atoms with Gasteiger partial charge in [-0.05, 0) is 24.1 Å². The van der Waals surface area contributed by atoms with Gasteiger partial charge in [-0.25, -0.2) is 4.98 Å². The summed E-state index contributed by atoms with van der Waals surface area (Å²) in [4.78, 5) is 21.9. The Morgan fingerprint density at radius 1 is 1.07 bits per heavy atom. The predicted molar refractivity (Wildman–Crippen MR) is 123 cm³/mol. The molecule has 2 aromatic carbocycles. The molecule has 1 aliphatic rings. The molecule has 3 N–H and O–H groups in total. The maximum Gasteiger partial charge on any atom is 0.227 e. The minimum Gasteiger partial charge on any atom is -0.383 e. The fourth-order valence-corrected chi connectivity index (χ4v) is 3.94. The molecule has 1 fully saturated rings. The van der Waals surface area contributed by atoms with Gasteiger partial charge in [-0.3, -0.25) is 4.79 Å². The van der Waals surface area contributed by atoms with Gasteiger partial charge < -0.3 is 20.9 Å². The van der Waals surface area contributed by atoms with Crippen molar-refractivity contribution in [3.63, 3.8) is 0 Å². The van der Waals surface area contributed by atoms with Crippen LogP contribution in [0.1, 0.15) is 11.1 Å². The van der Waals surface area contributed by atoms with Crippen molar-refractivity contribution in [2.24, 2.45) is 5.73 Å². The number of aryl methyl sites for hydroxylation is 1. The third-order valence-electron chi connectivity index (χ3n) is 5.72. The second-order valence-electron chi connectivity index (χ2n) is 7.73. The Balaban J connectivity index is 1.45. The molecule has 156 valence electrons. The number of rotatable bonds is 6. The highest BCUT2D eigenvalue weighted by atomic mass is 16.2. The molecule has 1 saturated heterocycles. The number of aromatic nitrogens is 1. The van der Waals surface area contributed by atoms with E-state index in [0.29, 0.717) is 32.6 Å². The lowest BCUT2D eigenvalue weighted by atomic mass is 10.1. The number of piperazine rings is 1. The summed E-state index contributed by atoms with van der Waals surface area (Å²) in [7, 11) is 0. The van der Waals surface area contributed by atoms with Crippen molar-refractivity contribution in [2.75, 3.05) is 49.5 Å². The number of amides is 1. The second-order valence-corrected chi connectivity index (χ2v) is 7.73. The summed E-state index contributed by atoms with van der Waals surface area (Å²) in [6.45, 7) is 6.34. The van der Waals surface area contributed by atoms with Crippen molar-refractivity contribution >= 4 is 28.3 Å². The number of carbonyl (C=O) groups excluding carboxylic acids is 1. The van der Waals surface area contributed by atoms with Crippen LogP contribution >= 0.6 is 0 Å². The van der Waals surface area contributed by atoms with Crippen LogP contribution in [0.5, 0.6) is 0 Å². The molecule has 1 aliphatic heterocycles. The Labute approximate surface area is 177 Å². The number of hydrogen-bond acceptors (Lipinski definition) is 5. The van der Waals surface area contributed by atoms with Crippen LogP contribution in [0, 0.1) is 6.92 Å². The summed E-state index contributed by atoms with van der Waals surface area (Å²) in [5, 5.41) is 4.52. The minimum atomic E-state index is 0.195. The van der Waals surface area contributed by atoms with Crippen molar-refractivity contribution in [3.05, 3.63) is 65.7 Å². The highest BCUT2D eigenvalue weighted by Crippen LogP contribution is 2.27. The smallest absolute Gasteiger partial charge is 0.227 e. The van der Waals surface area contributed by atoms with Gasteiger partial charge in [0.1, 0.15) is 5.82 Å². The van der Waals surface area contributed by atoms with E-state index in [0.717, 1.165) is 41.1 Å². The Kier molecular flexibility index (Phi) is 6.14. The van der Waals surface area contributed by atoms with Crippen LogP contribution in [-0.2, 0) is 11.2 Å². The van der Waals surface area contributed by atoms with E-state index in [1.54, 1.807) is 0 Å². The lowest BCUT2D eigenvalue weighted by Gasteiger charge is -2.36. The van der Waals surface area contributed by atoms with E-state index in [-0.39, 0.29) is 5.91 Å². The van der Waals surface area contributed by atoms with E-state index in [2.05, 4.69) is 35.3 Å². The standard InChI is InChI=1S/C24H29N5O/c1-18-6-2-3-7-19(18)16-24(30)29-14-12-28(13-15-29)23-17-22(26-11-10-25)20-8-4-5-9-21(20)27-23/h2-9,17H,10-16,25H2,1H3,(H,26,27).